The maximum atomic E-state index is 11.8. The third-order valence-corrected chi connectivity index (χ3v) is 1.95. The second kappa shape index (κ2) is 6.70. The van der Waals surface area contributed by atoms with Crippen molar-refractivity contribution < 1.29 is 18.7 Å². The third kappa shape index (κ3) is 5.11. The topological polar surface area (TPSA) is 49.3 Å². The minimum atomic E-state index is -2.81. The van der Waals surface area contributed by atoms with Crippen LogP contribution in [0.3, 0.4) is 0 Å². The van der Waals surface area contributed by atoms with E-state index in [4.69, 9.17) is 5.11 Å². The van der Waals surface area contributed by atoms with Gasteiger partial charge in [-0.3, -0.25) is 4.79 Å². The van der Waals surface area contributed by atoms with E-state index in [0.717, 1.165) is 12.8 Å². The number of carbonyl (C=O) groups excluding carboxylic acids is 1. The van der Waals surface area contributed by atoms with Crippen LogP contribution < -0.4 is 5.32 Å². The van der Waals surface area contributed by atoms with Crippen molar-refractivity contribution in [2.24, 2.45) is 5.92 Å². The molecular formula is C9H17F2NO2. The van der Waals surface area contributed by atoms with Crippen LogP contribution in [0, 0.1) is 5.92 Å². The molecule has 2 atom stereocenters. The van der Waals surface area contributed by atoms with Crippen LogP contribution in [-0.4, -0.2) is 30.1 Å². The molecule has 84 valence electrons. The van der Waals surface area contributed by atoms with E-state index >= 15 is 0 Å². The summed E-state index contributed by atoms with van der Waals surface area (Å²) in [6.45, 7) is 3.29. The monoisotopic (exact) mass is 209 g/mol. The Bertz CT molecular complexity index is 176. The number of hydrogen-bond donors (Lipinski definition) is 2. The molecule has 0 aliphatic rings. The largest absolute Gasteiger partial charge is 0.385 e. The normalized spacial score (nSPS) is 15.3. The van der Waals surface area contributed by atoms with Crippen LogP contribution in [0.4, 0.5) is 8.78 Å². The average molecular weight is 209 g/mol. The van der Waals surface area contributed by atoms with Crippen LogP contribution in [-0.2, 0) is 4.79 Å². The van der Waals surface area contributed by atoms with E-state index in [1.165, 1.54) is 0 Å². The lowest BCUT2D eigenvalue weighted by Crippen LogP contribution is -2.38. The third-order valence-electron chi connectivity index (χ3n) is 1.95. The number of halogens is 2. The molecule has 14 heavy (non-hydrogen) atoms. The van der Waals surface area contributed by atoms with Gasteiger partial charge in [-0.15, -0.1) is 0 Å². The number of rotatable bonds is 6. The number of hydrogen-bond acceptors (Lipinski definition) is 2. The maximum absolute atomic E-state index is 11.8. The van der Waals surface area contributed by atoms with E-state index < -0.39 is 12.5 Å². The van der Waals surface area contributed by atoms with E-state index in [1.807, 2.05) is 6.92 Å². The minimum absolute atomic E-state index is 0.190. The summed E-state index contributed by atoms with van der Waals surface area (Å²) in [6, 6.07) is 0. The predicted octanol–water partition coefficient (Wildman–Crippen LogP) is 1.16. The molecule has 2 N–H and O–H groups in total. The Morgan fingerprint density at radius 3 is 2.50 bits per heavy atom. The highest BCUT2D eigenvalue weighted by molar-refractivity contribution is 5.78. The first-order chi connectivity index (χ1) is 6.49. The van der Waals surface area contributed by atoms with Crippen LogP contribution in [0.15, 0.2) is 0 Å². The SMILES string of the molecule is CCCC(C)C(=O)NCC(O)C(F)F. The molecule has 0 aliphatic carbocycles. The zero-order valence-electron chi connectivity index (χ0n) is 8.46. The minimum Gasteiger partial charge on any atom is -0.385 e. The first-order valence-electron chi connectivity index (χ1n) is 4.73. The lowest BCUT2D eigenvalue weighted by atomic mass is 10.1. The Morgan fingerprint density at radius 1 is 1.50 bits per heavy atom. The molecular weight excluding hydrogens is 192 g/mol. The number of nitrogens with one attached hydrogen (secondary N) is 1. The molecule has 0 heterocycles. The Kier molecular flexibility index (Phi) is 6.36. The standard InChI is InChI=1S/C9H17F2NO2/c1-3-4-6(2)9(14)12-5-7(13)8(10)11/h6-8,13H,3-5H2,1-2H3,(H,12,14). The van der Waals surface area contributed by atoms with Crippen molar-refractivity contribution in [1.82, 2.24) is 5.32 Å². The number of aliphatic hydroxyl groups excluding tert-OH is 1. The van der Waals surface area contributed by atoms with Crippen molar-refractivity contribution in [3.8, 4) is 0 Å². The number of aliphatic hydroxyl groups is 1. The highest BCUT2D eigenvalue weighted by Gasteiger charge is 2.19. The highest BCUT2D eigenvalue weighted by atomic mass is 19.3. The molecule has 0 radical (unpaired) electrons. The summed E-state index contributed by atoms with van der Waals surface area (Å²) < 4.78 is 23.7. The second-order valence-corrected chi connectivity index (χ2v) is 3.34. The fraction of sp³-hybridized carbons (Fsp3) is 0.889. The maximum Gasteiger partial charge on any atom is 0.265 e. The number of carbonyl (C=O) groups is 1. The number of amides is 1. The Balaban J connectivity index is 3.73. The molecule has 2 unspecified atom stereocenters. The van der Waals surface area contributed by atoms with E-state index in [0.29, 0.717) is 0 Å². The summed E-state index contributed by atoms with van der Waals surface area (Å²) in [5.41, 5.74) is 0. The quantitative estimate of drug-likeness (QED) is 0.689. The van der Waals surface area contributed by atoms with E-state index in [9.17, 15) is 13.6 Å². The zero-order valence-corrected chi connectivity index (χ0v) is 8.46. The first-order valence-corrected chi connectivity index (χ1v) is 4.73. The second-order valence-electron chi connectivity index (χ2n) is 3.34. The smallest absolute Gasteiger partial charge is 0.265 e. The lowest BCUT2D eigenvalue weighted by molar-refractivity contribution is -0.125. The predicted molar refractivity (Wildman–Crippen MR) is 49.1 cm³/mol. The van der Waals surface area contributed by atoms with E-state index in [-0.39, 0.29) is 18.4 Å². The fourth-order valence-electron chi connectivity index (χ4n) is 1.03. The van der Waals surface area contributed by atoms with Gasteiger partial charge in [-0.05, 0) is 6.42 Å². The van der Waals surface area contributed by atoms with Crippen molar-refractivity contribution in [2.75, 3.05) is 6.54 Å². The fourth-order valence-corrected chi connectivity index (χ4v) is 1.03. The Morgan fingerprint density at radius 2 is 2.07 bits per heavy atom. The van der Waals surface area contributed by atoms with Crippen molar-refractivity contribution in [3.05, 3.63) is 0 Å². The van der Waals surface area contributed by atoms with Gasteiger partial charge in [-0.1, -0.05) is 20.3 Å². The van der Waals surface area contributed by atoms with Crippen LogP contribution >= 0.6 is 0 Å². The highest BCUT2D eigenvalue weighted by Crippen LogP contribution is 2.05. The zero-order chi connectivity index (χ0) is 11.1. The van der Waals surface area contributed by atoms with Gasteiger partial charge in [0.25, 0.3) is 6.43 Å². The molecule has 0 fully saturated rings. The summed E-state index contributed by atoms with van der Waals surface area (Å²) in [5, 5.41) is 11.0. The van der Waals surface area contributed by atoms with Gasteiger partial charge < -0.3 is 10.4 Å². The summed E-state index contributed by atoms with van der Waals surface area (Å²) in [4.78, 5) is 11.2. The van der Waals surface area contributed by atoms with E-state index in [2.05, 4.69) is 5.32 Å². The molecule has 1 amide bonds. The molecule has 0 bridgehead atoms. The van der Waals surface area contributed by atoms with Crippen molar-refractivity contribution >= 4 is 5.91 Å². The number of alkyl halides is 2. The molecule has 0 aromatic carbocycles. The molecule has 3 nitrogen and oxygen atoms in total. The molecule has 0 saturated heterocycles. The van der Waals surface area contributed by atoms with Gasteiger partial charge in [0.1, 0.15) is 6.10 Å². The van der Waals surface area contributed by atoms with Gasteiger partial charge in [0.05, 0.1) is 0 Å². The average Bonchev–Trinajstić information content (AvgIpc) is 2.13. The molecule has 5 heteroatoms. The van der Waals surface area contributed by atoms with Crippen LogP contribution in [0.25, 0.3) is 0 Å². The van der Waals surface area contributed by atoms with E-state index in [1.54, 1.807) is 6.92 Å². The molecule has 0 aliphatic heterocycles. The van der Waals surface area contributed by atoms with Crippen LogP contribution in [0.2, 0.25) is 0 Å². The summed E-state index contributed by atoms with van der Waals surface area (Å²) >= 11 is 0. The van der Waals surface area contributed by atoms with Gasteiger partial charge >= 0.3 is 0 Å². The molecule has 0 aromatic rings. The summed E-state index contributed by atoms with van der Waals surface area (Å²) in [5.74, 6) is -0.476. The molecule has 0 saturated carbocycles. The van der Waals surface area contributed by atoms with Gasteiger partial charge in [-0.2, -0.15) is 0 Å². The van der Waals surface area contributed by atoms with Gasteiger partial charge in [0.15, 0.2) is 0 Å². The molecule has 0 aromatic heterocycles. The van der Waals surface area contributed by atoms with Gasteiger partial charge in [0, 0.05) is 12.5 Å². The summed E-state index contributed by atoms with van der Waals surface area (Å²) in [7, 11) is 0. The van der Waals surface area contributed by atoms with Gasteiger partial charge in [0.2, 0.25) is 5.91 Å². The Labute approximate surface area is 82.5 Å². The van der Waals surface area contributed by atoms with Crippen LogP contribution in [0.5, 0.6) is 0 Å². The lowest BCUT2D eigenvalue weighted by Gasteiger charge is -2.13. The molecule has 0 rings (SSSR count). The van der Waals surface area contributed by atoms with Crippen molar-refractivity contribution in [1.29, 1.82) is 0 Å². The Hall–Kier alpha value is -0.710. The first kappa shape index (κ1) is 13.3. The molecule has 0 spiro atoms. The van der Waals surface area contributed by atoms with Gasteiger partial charge in [-0.25, -0.2) is 8.78 Å². The summed E-state index contributed by atoms with van der Waals surface area (Å²) in [6.07, 6.45) is -2.99. The van der Waals surface area contributed by atoms with Crippen LogP contribution in [0.1, 0.15) is 26.7 Å². The van der Waals surface area contributed by atoms with Crippen molar-refractivity contribution in [3.63, 3.8) is 0 Å². The van der Waals surface area contributed by atoms with Crippen molar-refractivity contribution in [2.45, 2.75) is 39.2 Å².